The van der Waals surface area contributed by atoms with E-state index in [0.29, 0.717) is 0 Å². The van der Waals surface area contributed by atoms with Gasteiger partial charge in [-0.1, -0.05) is 28.9 Å². The van der Waals surface area contributed by atoms with Gasteiger partial charge in [0, 0.05) is 17.1 Å². The molecule has 0 atom stereocenters. The van der Waals surface area contributed by atoms with Crippen molar-refractivity contribution in [2.45, 2.75) is 25.3 Å². The van der Waals surface area contributed by atoms with Crippen molar-refractivity contribution >= 4 is 15.9 Å². The number of halogens is 1. The normalized spacial score (nSPS) is 19.2. The number of hydrogen-bond acceptors (Lipinski definition) is 1. The van der Waals surface area contributed by atoms with Crippen LogP contribution in [0.25, 0.3) is 0 Å². The third-order valence-electron chi connectivity index (χ3n) is 1.69. The molecule has 0 bridgehead atoms. The van der Waals surface area contributed by atoms with Crippen LogP contribution < -0.4 is 5.32 Å². The molecule has 2 heteroatoms. The van der Waals surface area contributed by atoms with E-state index in [1.54, 1.807) is 0 Å². The molecule has 0 radical (unpaired) electrons. The van der Waals surface area contributed by atoms with E-state index in [4.69, 9.17) is 0 Å². The van der Waals surface area contributed by atoms with E-state index >= 15 is 0 Å². The fourth-order valence-corrected chi connectivity index (χ4v) is 1.03. The van der Waals surface area contributed by atoms with E-state index in [9.17, 15) is 0 Å². The van der Waals surface area contributed by atoms with E-state index in [1.807, 2.05) is 0 Å². The molecule has 1 aliphatic rings. The molecule has 1 nitrogen and oxygen atoms in total. The first kappa shape index (κ1) is 7.29. The van der Waals surface area contributed by atoms with Gasteiger partial charge in [-0.05, 0) is 12.8 Å². The second-order valence-corrected chi connectivity index (χ2v) is 3.65. The Morgan fingerprint density at radius 2 is 2.33 bits per heavy atom. The van der Waals surface area contributed by atoms with Crippen LogP contribution in [0.15, 0.2) is 11.1 Å². The largest absolute Gasteiger partial charge is 0.309 e. The predicted molar refractivity (Wildman–Crippen MR) is 43.7 cm³/mol. The minimum absolute atomic E-state index is 0.777. The molecule has 52 valence electrons. The lowest BCUT2D eigenvalue weighted by molar-refractivity contribution is 0.351. The van der Waals surface area contributed by atoms with Gasteiger partial charge in [-0.15, -0.1) is 0 Å². The third-order valence-corrected chi connectivity index (χ3v) is 1.97. The highest BCUT2D eigenvalue weighted by Gasteiger charge is 2.15. The molecule has 0 amide bonds. The molecule has 0 aromatic rings. The van der Waals surface area contributed by atoms with Gasteiger partial charge in [0.15, 0.2) is 0 Å². The molecular weight excluding hydrogens is 178 g/mol. The number of rotatable bonds is 3. The van der Waals surface area contributed by atoms with Crippen molar-refractivity contribution in [2.24, 2.45) is 0 Å². The molecule has 0 unspecified atom stereocenters. The maximum atomic E-state index is 3.74. The lowest BCUT2D eigenvalue weighted by atomic mass is 9.93. The van der Waals surface area contributed by atoms with Gasteiger partial charge in [-0.25, -0.2) is 0 Å². The topological polar surface area (TPSA) is 12.0 Å². The van der Waals surface area contributed by atoms with Gasteiger partial charge in [0.05, 0.1) is 0 Å². The number of hydrogen-bond donors (Lipinski definition) is 1. The van der Waals surface area contributed by atoms with Crippen LogP contribution in [0.5, 0.6) is 0 Å². The Morgan fingerprint density at radius 3 is 2.67 bits per heavy atom. The lowest BCUT2D eigenvalue weighted by Gasteiger charge is -2.26. The summed E-state index contributed by atoms with van der Waals surface area (Å²) in [4.78, 5) is 0. The standard InChI is InChI=1S/C7H12BrN/c1-6(8)5-9-7-3-2-4-7/h7,9H,1-5H2. The van der Waals surface area contributed by atoms with Crippen LogP contribution >= 0.6 is 15.9 Å². The summed E-state index contributed by atoms with van der Waals surface area (Å²) in [6.07, 6.45) is 4.09. The molecule has 0 aromatic heterocycles. The molecule has 1 fully saturated rings. The monoisotopic (exact) mass is 189 g/mol. The maximum absolute atomic E-state index is 3.74. The van der Waals surface area contributed by atoms with Gasteiger partial charge in [-0.3, -0.25) is 0 Å². The molecule has 1 aliphatic carbocycles. The molecular formula is C7H12BrN. The maximum Gasteiger partial charge on any atom is 0.0268 e. The zero-order valence-electron chi connectivity index (χ0n) is 5.49. The van der Waals surface area contributed by atoms with Crippen molar-refractivity contribution in [1.29, 1.82) is 0 Å². The average Bonchev–Trinajstić information content (AvgIpc) is 1.60. The van der Waals surface area contributed by atoms with Crippen LogP contribution in [0.2, 0.25) is 0 Å². The van der Waals surface area contributed by atoms with Gasteiger partial charge >= 0.3 is 0 Å². The Kier molecular flexibility index (Phi) is 2.73. The van der Waals surface area contributed by atoms with E-state index in [2.05, 4.69) is 27.8 Å². The minimum atomic E-state index is 0.777. The molecule has 0 aliphatic heterocycles. The van der Waals surface area contributed by atoms with Crippen molar-refractivity contribution in [3.05, 3.63) is 11.1 Å². The summed E-state index contributed by atoms with van der Waals surface area (Å²) in [5.74, 6) is 0. The Hall–Kier alpha value is 0.180. The van der Waals surface area contributed by atoms with E-state index < -0.39 is 0 Å². The SMILES string of the molecule is C=C(Br)CNC1CCC1. The fourth-order valence-electron chi connectivity index (χ4n) is 0.867. The van der Waals surface area contributed by atoms with Gasteiger partial charge in [-0.2, -0.15) is 0 Å². The van der Waals surface area contributed by atoms with Crippen LogP contribution in [-0.2, 0) is 0 Å². The molecule has 0 spiro atoms. The lowest BCUT2D eigenvalue weighted by Crippen LogP contribution is -2.35. The van der Waals surface area contributed by atoms with Crippen LogP contribution in [0.1, 0.15) is 19.3 Å². The second kappa shape index (κ2) is 3.37. The Bertz CT molecular complexity index is 107. The summed E-state index contributed by atoms with van der Waals surface area (Å²) in [6, 6.07) is 0.777. The highest BCUT2D eigenvalue weighted by atomic mass is 79.9. The van der Waals surface area contributed by atoms with Gasteiger partial charge in [0.2, 0.25) is 0 Å². The van der Waals surface area contributed by atoms with Crippen LogP contribution in [0.3, 0.4) is 0 Å². The Labute approximate surface area is 64.7 Å². The molecule has 0 saturated heterocycles. The van der Waals surface area contributed by atoms with E-state index in [1.165, 1.54) is 19.3 Å². The van der Waals surface area contributed by atoms with Crippen molar-refractivity contribution in [1.82, 2.24) is 5.32 Å². The quantitative estimate of drug-likeness (QED) is 0.717. The van der Waals surface area contributed by atoms with E-state index in [-0.39, 0.29) is 0 Å². The third kappa shape index (κ3) is 2.50. The van der Waals surface area contributed by atoms with Crippen molar-refractivity contribution in [3.8, 4) is 0 Å². The summed E-state index contributed by atoms with van der Waals surface area (Å²) < 4.78 is 1.05. The summed E-state index contributed by atoms with van der Waals surface area (Å²) >= 11 is 3.30. The fraction of sp³-hybridized carbons (Fsp3) is 0.714. The Balaban J connectivity index is 1.97. The Morgan fingerprint density at radius 1 is 1.67 bits per heavy atom. The molecule has 9 heavy (non-hydrogen) atoms. The molecule has 0 aromatic carbocycles. The first-order chi connectivity index (χ1) is 4.29. The van der Waals surface area contributed by atoms with Crippen LogP contribution in [-0.4, -0.2) is 12.6 Å². The molecule has 1 rings (SSSR count). The minimum Gasteiger partial charge on any atom is -0.309 e. The molecule has 1 N–H and O–H groups in total. The highest BCUT2D eigenvalue weighted by Crippen LogP contribution is 2.18. The van der Waals surface area contributed by atoms with Crippen LogP contribution in [0, 0.1) is 0 Å². The summed E-state index contributed by atoms with van der Waals surface area (Å²) in [5.41, 5.74) is 0. The molecule has 1 saturated carbocycles. The van der Waals surface area contributed by atoms with Gasteiger partial charge in [0.25, 0.3) is 0 Å². The second-order valence-electron chi connectivity index (χ2n) is 2.53. The first-order valence-electron chi connectivity index (χ1n) is 3.35. The zero-order valence-corrected chi connectivity index (χ0v) is 7.08. The van der Waals surface area contributed by atoms with Crippen LogP contribution in [0.4, 0.5) is 0 Å². The summed E-state index contributed by atoms with van der Waals surface area (Å²) in [6.45, 7) is 4.66. The summed E-state index contributed by atoms with van der Waals surface area (Å²) in [5, 5.41) is 3.37. The summed E-state index contributed by atoms with van der Waals surface area (Å²) in [7, 11) is 0. The zero-order chi connectivity index (χ0) is 6.69. The number of nitrogens with one attached hydrogen (secondary N) is 1. The average molecular weight is 190 g/mol. The first-order valence-corrected chi connectivity index (χ1v) is 4.15. The molecule has 0 heterocycles. The van der Waals surface area contributed by atoms with Crippen molar-refractivity contribution in [2.75, 3.05) is 6.54 Å². The van der Waals surface area contributed by atoms with E-state index in [0.717, 1.165) is 17.1 Å². The van der Waals surface area contributed by atoms with Gasteiger partial charge in [0.1, 0.15) is 0 Å². The highest BCUT2D eigenvalue weighted by molar-refractivity contribution is 9.11. The smallest absolute Gasteiger partial charge is 0.0268 e. The predicted octanol–water partition coefficient (Wildman–Crippen LogP) is 2.04. The van der Waals surface area contributed by atoms with Crippen molar-refractivity contribution < 1.29 is 0 Å². The van der Waals surface area contributed by atoms with Crippen molar-refractivity contribution in [3.63, 3.8) is 0 Å². The van der Waals surface area contributed by atoms with Gasteiger partial charge < -0.3 is 5.32 Å².